The highest BCUT2D eigenvalue weighted by atomic mass is 35.5. The van der Waals surface area contributed by atoms with Crippen LogP contribution in [-0.4, -0.2) is 61.0 Å². The number of hydrogen-bond acceptors (Lipinski definition) is 3. The van der Waals surface area contributed by atoms with Crippen LogP contribution in [0.3, 0.4) is 0 Å². The van der Waals surface area contributed by atoms with E-state index in [1.807, 2.05) is 28.0 Å². The Morgan fingerprint density at radius 2 is 1.97 bits per heavy atom. The summed E-state index contributed by atoms with van der Waals surface area (Å²) in [5, 5.41) is 2.98. The Kier molecular flexibility index (Phi) is 11.7. The first-order chi connectivity index (χ1) is 13.5. The van der Waals surface area contributed by atoms with Crippen LogP contribution in [0, 0.1) is 11.8 Å². The molecule has 0 radical (unpaired) electrons. The Balaban J connectivity index is 0.00000420. The van der Waals surface area contributed by atoms with Gasteiger partial charge in [0.1, 0.15) is 0 Å². The van der Waals surface area contributed by atoms with Crippen molar-refractivity contribution in [3.05, 3.63) is 35.9 Å². The highest BCUT2D eigenvalue weighted by molar-refractivity contribution is 5.85. The lowest BCUT2D eigenvalue weighted by atomic mass is 9.94. The van der Waals surface area contributed by atoms with Crippen LogP contribution >= 0.6 is 12.4 Å². The van der Waals surface area contributed by atoms with Gasteiger partial charge < -0.3 is 20.9 Å². The topological polar surface area (TPSA) is 78.7 Å². The van der Waals surface area contributed by atoms with Gasteiger partial charge in [-0.25, -0.2) is 4.79 Å². The summed E-state index contributed by atoms with van der Waals surface area (Å²) in [4.78, 5) is 28.9. The van der Waals surface area contributed by atoms with E-state index in [1.165, 1.54) is 5.56 Å². The number of rotatable bonds is 9. The third-order valence-electron chi connectivity index (χ3n) is 5.20. The fourth-order valence-corrected chi connectivity index (χ4v) is 3.62. The molecule has 7 heteroatoms. The molecule has 164 valence electrons. The molecule has 0 bridgehead atoms. The minimum absolute atomic E-state index is 0. The normalized spacial score (nSPS) is 16.3. The summed E-state index contributed by atoms with van der Waals surface area (Å²) in [6, 6.07) is 10.2. The molecule has 29 heavy (non-hydrogen) atoms. The quantitative estimate of drug-likeness (QED) is 0.639. The van der Waals surface area contributed by atoms with Gasteiger partial charge in [-0.05, 0) is 36.7 Å². The van der Waals surface area contributed by atoms with Crippen LogP contribution in [0.1, 0.15) is 38.7 Å². The van der Waals surface area contributed by atoms with Crippen molar-refractivity contribution in [3.63, 3.8) is 0 Å². The molecule has 0 spiro atoms. The van der Waals surface area contributed by atoms with Crippen molar-refractivity contribution in [2.75, 3.05) is 39.3 Å². The molecule has 3 N–H and O–H groups in total. The monoisotopic (exact) mass is 424 g/mol. The maximum atomic E-state index is 12.9. The highest BCUT2D eigenvalue weighted by Gasteiger charge is 2.26. The van der Waals surface area contributed by atoms with E-state index in [1.54, 1.807) is 0 Å². The van der Waals surface area contributed by atoms with Crippen molar-refractivity contribution in [1.29, 1.82) is 0 Å². The number of urea groups is 1. The average molecular weight is 425 g/mol. The molecule has 0 aliphatic carbocycles. The van der Waals surface area contributed by atoms with Crippen molar-refractivity contribution in [2.45, 2.75) is 39.5 Å². The summed E-state index contributed by atoms with van der Waals surface area (Å²) in [6.07, 6.45) is 3.27. The third kappa shape index (κ3) is 9.05. The molecule has 1 aliphatic rings. The minimum Gasteiger partial charge on any atom is -0.341 e. The molecule has 1 saturated heterocycles. The third-order valence-corrected chi connectivity index (χ3v) is 5.20. The van der Waals surface area contributed by atoms with Crippen molar-refractivity contribution in [2.24, 2.45) is 17.6 Å². The molecule has 1 heterocycles. The Morgan fingerprint density at radius 1 is 1.24 bits per heavy atom. The SMILES string of the molecule is CC(C)CNC(=O)N1CCCC(CC(=O)N(CCN)CCc2ccccc2)C1.Cl. The lowest BCUT2D eigenvalue weighted by Crippen LogP contribution is -2.47. The molecule has 2 rings (SSSR count). The molecule has 0 aromatic heterocycles. The molecule has 6 nitrogen and oxygen atoms in total. The molecule has 3 amide bonds. The fourth-order valence-electron chi connectivity index (χ4n) is 3.62. The summed E-state index contributed by atoms with van der Waals surface area (Å²) in [5.74, 6) is 0.805. The summed E-state index contributed by atoms with van der Waals surface area (Å²) in [5.41, 5.74) is 6.96. The van der Waals surface area contributed by atoms with E-state index >= 15 is 0 Å². The number of nitrogens with one attached hydrogen (secondary N) is 1. The number of halogens is 1. The standard InChI is InChI=1S/C22H36N4O2.ClH/c1-18(2)16-24-22(28)26-12-6-9-20(17-26)15-21(27)25(14-11-23)13-10-19-7-4-3-5-8-19;/h3-5,7-8,18,20H,6,9-17,23H2,1-2H3,(H,24,28);1H. The van der Waals surface area contributed by atoms with Crippen LogP contribution in [0.2, 0.25) is 0 Å². The first-order valence-electron chi connectivity index (χ1n) is 10.5. The molecule has 1 aromatic rings. The number of carbonyl (C=O) groups excluding carboxylic acids is 2. The second kappa shape index (κ2) is 13.4. The summed E-state index contributed by atoms with van der Waals surface area (Å²) in [7, 11) is 0. The molecule has 1 aliphatic heterocycles. The van der Waals surface area contributed by atoms with Crippen molar-refractivity contribution in [1.82, 2.24) is 15.1 Å². The second-order valence-corrected chi connectivity index (χ2v) is 8.14. The minimum atomic E-state index is -0.00580. The van der Waals surface area contributed by atoms with Crippen LogP contribution in [0.5, 0.6) is 0 Å². The zero-order valence-corrected chi connectivity index (χ0v) is 18.6. The number of hydrogen-bond donors (Lipinski definition) is 2. The van der Waals surface area contributed by atoms with Gasteiger partial charge in [-0.1, -0.05) is 44.2 Å². The van der Waals surface area contributed by atoms with Gasteiger partial charge in [0.05, 0.1) is 0 Å². The van der Waals surface area contributed by atoms with Gasteiger partial charge in [-0.2, -0.15) is 0 Å². The van der Waals surface area contributed by atoms with E-state index in [0.29, 0.717) is 45.1 Å². The van der Waals surface area contributed by atoms with E-state index in [2.05, 4.69) is 31.3 Å². The summed E-state index contributed by atoms with van der Waals surface area (Å²) in [6.45, 7) is 8.01. The fraction of sp³-hybridized carbons (Fsp3) is 0.636. The second-order valence-electron chi connectivity index (χ2n) is 8.14. The first kappa shape index (κ1) is 25.2. The number of nitrogens with zero attached hydrogens (tertiary/aromatic N) is 2. The van der Waals surface area contributed by atoms with Crippen LogP contribution in [0.25, 0.3) is 0 Å². The first-order valence-corrected chi connectivity index (χ1v) is 10.5. The van der Waals surface area contributed by atoms with Gasteiger partial charge in [0.15, 0.2) is 0 Å². The summed E-state index contributed by atoms with van der Waals surface area (Å²) < 4.78 is 0. The van der Waals surface area contributed by atoms with Crippen LogP contribution in [0.4, 0.5) is 4.79 Å². The van der Waals surface area contributed by atoms with Crippen molar-refractivity contribution in [3.8, 4) is 0 Å². The summed E-state index contributed by atoms with van der Waals surface area (Å²) >= 11 is 0. The largest absolute Gasteiger partial charge is 0.341 e. The van der Waals surface area contributed by atoms with E-state index < -0.39 is 0 Å². The lowest BCUT2D eigenvalue weighted by Gasteiger charge is -2.34. The number of nitrogens with two attached hydrogens (primary N) is 1. The number of amides is 3. The molecule has 1 aromatic carbocycles. The molecule has 1 atom stereocenters. The predicted molar refractivity (Wildman–Crippen MR) is 120 cm³/mol. The molecule has 0 saturated carbocycles. The number of benzene rings is 1. The van der Waals surface area contributed by atoms with Crippen LogP contribution in [0.15, 0.2) is 30.3 Å². The number of carbonyl (C=O) groups is 2. The highest BCUT2D eigenvalue weighted by Crippen LogP contribution is 2.21. The van der Waals surface area contributed by atoms with Gasteiger partial charge in [0, 0.05) is 45.7 Å². The van der Waals surface area contributed by atoms with Gasteiger partial charge in [-0.3, -0.25) is 4.79 Å². The molecule has 1 fully saturated rings. The van der Waals surface area contributed by atoms with E-state index in [0.717, 1.165) is 25.8 Å². The predicted octanol–water partition coefficient (Wildman–Crippen LogP) is 2.91. The smallest absolute Gasteiger partial charge is 0.317 e. The van der Waals surface area contributed by atoms with Crippen molar-refractivity contribution < 1.29 is 9.59 Å². The zero-order chi connectivity index (χ0) is 20.4. The lowest BCUT2D eigenvalue weighted by molar-refractivity contribution is -0.132. The molecular weight excluding hydrogens is 388 g/mol. The molecular formula is C22H37ClN4O2. The Hall–Kier alpha value is -1.79. The number of likely N-dealkylation sites (tertiary alicyclic amines) is 1. The Bertz CT molecular complexity index is 612. The van der Waals surface area contributed by atoms with Crippen molar-refractivity contribution >= 4 is 24.3 Å². The maximum absolute atomic E-state index is 12.9. The van der Waals surface area contributed by atoms with Gasteiger partial charge in [0.25, 0.3) is 0 Å². The zero-order valence-electron chi connectivity index (χ0n) is 17.8. The molecule has 1 unspecified atom stereocenters. The van der Waals surface area contributed by atoms with Crippen LogP contribution < -0.4 is 11.1 Å². The van der Waals surface area contributed by atoms with E-state index in [4.69, 9.17) is 5.73 Å². The average Bonchev–Trinajstić information content (AvgIpc) is 2.70. The maximum Gasteiger partial charge on any atom is 0.317 e. The van der Waals surface area contributed by atoms with Gasteiger partial charge >= 0.3 is 6.03 Å². The number of piperidine rings is 1. The van der Waals surface area contributed by atoms with E-state index in [9.17, 15) is 9.59 Å². The van der Waals surface area contributed by atoms with E-state index in [-0.39, 0.29) is 30.3 Å². The van der Waals surface area contributed by atoms with Gasteiger partial charge in [0.2, 0.25) is 5.91 Å². The Labute approximate surface area is 181 Å². The van der Waals surface area contributed by atoms with Gasteiger partial charge in [-0.15, -0.1) is 12.4 Å². The Morgan fingerprint density at radius 3 is 2.62 bits per heavy atom. The van der Waals surface area contributed by atoms with Crippen LogP contribution in [-0.2, 0) is 11.2 Å².